The van der Waals surface area contributed by atoms with Crippen molar-refractivity contribution in [3.8, 4) is 5.75 Å². The summed E-state index contributed by atoms with van der Waals surface area (Å²) in [7, 11) is 0. The second kappa shape index (κ2) is 7.93. The Bertz CT molecular complexity index is 651. The van der Waals surface area contributed by atoms with E-state index in [0.29, 0.717) is 23.7 Å². The van der Waals surface area contributed by atoms with E-state index < -0.39 is 0 Å². The Labute approximate surface area is 135 Å². The number of hydrogen-bond donors (Lipinski definition) is 2. The fraction of sp³-hybridized carbons (Fsp3) is 0.235. The van der Waals surface area contributed by atoms with Gasteiger partial charge in [-0.3, -0.25) is 4.79 Å². The Kier molecular flexibility index (Phi) is 5.68. The van der Waals surface area contributed by atoms with Crippen LogP contribution in [0.25, 0.3) is 0 Å². The number of nitrogens with one attached hydrogen (secondary N) is 2. The molecule has 0 bridgehead atoms. The van der Waals surface area contributed by atoms with Crippen LogP contribution in [-0.2, 0) is 0 Å². The second-order valence-corrected chi connectivity index (χ2v) is 5.11. The van der Waals surface area contributed by atoms with E-state index in [1.54, 1.807) is 18.2 Å². The van der Waals surface area contributed by atoms with Crippen molar-refractivity contribution >= 4 is 17.5 Å². The molecule has 0 radical (unpaired) electrons. The maximum absolute atomic E-state index is 12.1. The van der Waals surface area contributed by atoms with E-state index >= 15 is 0 Å². The van der Waals surface area contributed by atoms with Gasteiger partial charge < -0.3 is 15.4 Å². The highest BCUT2D eigenvalue weighted by Gasteiger charge is 2.08. The van der Waals surface area contributed by atoms with E-state index in [1.807, 2.05) is 26.0 Å². The lowest BCUT2D eigenvalue weighted by Gasteiger charge is -2.10. The molecule has 2 rings (SSSR count). The Morgan fingerprint density at radius 3 is 2.48 bits per heavy atom. The zero-order chi connectivity index (χ0) is 16.7. The maximum Gasteiger partial charge on any atom is 0.258 e. The number of aromatic nitrogens is 2. The van der Waals surface area contributed by atoms with Gasteiger partial charge in [-0.2, -0.15) is 0 Å². The van der Waals surface area contributed by atoms with E-state index in [-0.39, 0.29) is 12.0 Å². The van der Waals surface area contributed by atoms with Crippen LogP contribution in [0.3, 0.4) is 0 Å². The Morgan fingerprint density at radius 2 is 1.91 bits per heavy atom. The number of rotatable bonds is 7. The average molecular weight is 312 g/mol. The third-order valence-corrected chi connectivity index (χ3v) is 2.80. The number of hydrogen-bond acceptors (Lipinski definition) is 5. The monoisotopic (exact) mass is 312 g/mol. The fourth-order valence-corrected chi connectivity index (χ4v) is 1.79. The van der Waals surface area contributed by atoms with Crippen LogP contribution >= 0.6 is 0 Å². The van der Waals surface area contributed by atoms with Gasteiger partial charge in [-0.25, -0.2) is 9.97 Å². The number of carbonyl (C=O) groups is 1. The van der Waals surface area contributed by atoms with Crippen LogP contribution in [-0.4, -0.2) is 28.5 Å². The first-order valence-corrected chi connectivity index (χ1v) is 7.33. The second-order valence-electron chi connectivity index (χ2n) is 5.11. The standard InChI is InChI=1S/C17H20N4O2/c1-4-9-18-17-19-10-13(11-20-17)16(22)21-14-5-7-15(8-6-14)23-12(2)3/h4-8,10-12H,1,9H2,2-3H3,(H,21,22)(H,18,19,20). The van der Waals surface area contributed by atoms with Gasteiger partial charge in [0.25, 0.3) is 5.91 Å². The van der Waals surface area contributed by atoms with Crippen LogP contribution in [0.4, 0.5) is 11.6 Å². The summed E-state index contributed by atoms with van der Waals surface area (Å²) < 4.78 is 5.56. The average Bonchev–Trinajstić information content (AvgIpc) is 2.54. The highest BCUT2D eigenvalue weighted by atomic mass is 16.5. The van der Waals surface area contributed by atoms with Crippen molar-refractivity contribution in [2.24, 2.45) is 0 Å². The van der Waals surface area contributed by atoms with Gasteiger partial charge in [-0.05, 0) is 38.1 Å². The first-order valence-electron chi connectivity index (χ1n) is 7.33. The van der Waals surface area contributed by atoms with Crippen LogP contribution in [0.15, 0.2) is 49.3 Å². The molecule has 120 valence electrons. The van der Waals surface area contributed by atoms with E-state index in [0.717, 1.165) is 5.75 Å². The predicted molar refractivity (Wildman–Crippen MR) is 90.9 cm³/mol. The maximum atomic E-state index is 12.1. The van der Waals surface area contributed by atoms with Gasteiger partial charge in [-0.1, -0.05) is 6.08 Å². The van der Waals surface area contributed by atoms with Crippen molar-refractivity contribution in [3.05, 3.63) is 54.9 Å². The molecule has 1 aromatic carbocycles. The molecule has 0 fully saturated rings. The minimum absolute atomic E-state index is 0.112. The van der Waals surface area contributed by atoms with Gasteiger partial charge in [0.1, 0.15) is 5.75 Å². The summed E-state index contributed by atoms with van der Waals surface area (Å²) in [5.74, 6) is 0.952. The largest absolute Gasteiger partial charge is 0.491 e. The minimum atomic E-state index is -0.266. The van der Waals surface area contributed by atoms with Crippen molar-refractivity contribution in [3.63, 3.8) is 0 Å². The molecule has 0 unspecified atom stereocenters. The molecule has 0 aliphatic rings. The number of amides is 1. The molecule has 1 aromatic heterocycles. The van der Waals surface area contributed by atoms with Crippen LogP contribution in [0.1, 0.15) is 24.2 Å². The highest BCUT2D eigenvalue weighted by molar-refractivity contribution is 6.03. The first-order chi connectivity index (χ1) is 11.1. The minimum Gasteiger partial charge on any atom is -0.491 e. The molecule has 2 aromatic rings. The van der Waals surface area contributed by atoms with Crippen molar-refractivity contribution in [1.29, 1.82) is 0 Å². The lowest BCUT2D eigenvalue weighted by Crippen LogP contribution is -2.13. The molecule has 0 aliphatic carbocycles. The van der Waals surface area contributed by atoms with Gasteiger partial charge >= 0.3 is 0 Å². The van der Waals surface area contributed by atoms with E-state index in [9.17, 15) is 4.79 Å². The van der Waals surface area contributed by atoms with Gasteiger partial charge in [0.05, 0.1) is 11.7 Å². The summed E-state index contributed by atoms with van der Waals surface area (Å²) in [5, 5.41) is 5.74. The van der Waals surface area contributed by atoms with Crippen molar-refractivity contribution in [2.45, 2.75) is 20.0 Å². The molecule has 1 heterocycles. The zero-order valence-electron chi connectivity index (χ0n) is 13.2. The number of nitrogens with zero attached hydrogens (tertiary/aromatic N) is 2. The molecule has 23 heavy (non-hydrogen) atoms. The normalized spacial score (nSPS) is 10.2. The predicted octanol–water partition coefficient (Wildman–Crippen LogP) is 3.11. The van der Waals surface area contributed by atoms with Crippen molar-refractivity contribution < 1.29 is 9.53 Å². The number of anilines is 2. The molecule has 0 atom stereocenters. The molecule has 0 aliphatic heterocycles. The van der Waals surface area contributed by atoms with Crippen LogP contribution in [0.5, 0.6) is 5.75 Å². The summed E-state index contributed by atoms with van der Waals surface area (Å²) in [6.45, 7) is 8.09. The molecule has 0 spiro atoms. The third-order valence-electron chi connectivity index (χ3n) is 2.80. The van der Waals surface area contributed by atoms with Gasteiger partial charge in [0.15, 0.2) is 0 Å². The smallest absolute Gasteiger partial charge is 0.258 e. The molecule has 6 heteroatoms. The van der Waals surface area contributed by atoms with E-state index in [2.05, 4.69) is 27.2 Å². The Balaban J connectivity index is 1.96. The van der Waals surface area contributed by atoms with Gasteiger partial charge in [0, 0.05) is 24.6 Å². The first kappa shape index (κ1) is 16.5. The molecule has 1 amide bonds. The van der Waals surface area contributed by atoms with Crippen LogP contribution < -0.4 is 15.4 Å². The van der Waals surface area contributed by atoms with E-state index in [4.69, 9.17) is 4.74 Å². The van der Waals surface area contributed by atoms with Crippen LogP contribution in [0.2, 0.25) is 0 Å². The topological polar surface area (TPSA) is 76.1 Å². The molecule has 6 nitrogen and oxygen atoms in total. The fourth-order valence-electron chi connectivity index (χ4n) is 1.79. The summed E-state index contributed by atoms with van der Waals surface area (Å²) in [4.78, 5) is 20.3. The zero-order valence-corrected chi connectivity index (χ0v) is 13.2. The highest BCUT2D eigenvalue weighted by Crippen LogP contribution is 2.17. The van der Waals surface area contributed by atoms with E-state index in [1.165, 1.54) is 12.4 Å². The van der Waals surface area contributed by atoms with Gasteiger partial charge in [-0.15, -0.1) is 6.58 Å². The molecule has 0 saturated heterocycles. The Hall–Kier alpha value is -2.89. The number of carbonyl (C=O) groups excluding carboxylic acids is 1. The van der Waals surface area contributed by atoms with Gasteiger partial charge in [0.2, 0.25) is 5.95 Å². The number of benzene rings is 1. The summed E-state index contributed by atoms with van der Waals surface area (Å²) in [6, 6.07) is 7.20. The molecular formula is C17H20N4O2. The van der Waals surface area contributed by atoms with Crippen molar-refractivity contribution in [1.82, 2.24) is 9.97 Å². The van der Waals surface area contributed by atoms with Crippen LogP contribution in [0, 0.1) is 0 Å². The Morgan fingerprint density at radius 1 is 1.26 bits per heavy atom. The quantitative estimate of drug-likeness (QED) is 0.768. The molecule has 0 saturated carbocycles. The number of ether oxygens (including phenoxy) is 1. The lowest BCUT2D eigenvalue weighted by atomic mass is 10.2. The molecule has 2 N–H and O–H groups in total. The third kappa shape index (κ3) is 5.10. The lowest BCUT2D eigenvalue weighted by molar-refractivity contribution is 0.102. The summed E-state index contributed by atoms with van der Waals surface area (Å²) in [5.41, 5.74) is 1.07. The SMILES string of the molecule is C=CCNc1ncc(C(=O)Nc2ccc(OC(C)C)cc2)cn1. The summed E-state index contributed by atoms with van der Waals surface area (Å²) >= 11 is 0. The molecular weight excluding hydrogens is 292 g/mol. The van der Waals surface area contributed by atoms with Crippen molar-refractivity contribution in [2.75, 3.05) is 17.2 Å². The summed E-state index contributed by atoms with van der Waals surface area (Å²) in [6.07, 6.45) is 4.77.